The van der Waals surface area contributed by atoms with Gasteiger partial charge in [-0.25, -0.2) is 0 Å². The number of carbonyl (C=O) groups excluding carboxylic acids is 1. The van der Waals surface area contributed by atoms with E-state index < -0.39 is 0 Å². The lowest BCUT2D eigenvalue weighted by Gasteiger charge is -2.24. The van der Waals surface area contributed by atoms with Gasteiger partial charge in [0, 0.05) is 12.6 Å². The molecular weight excluding hydrogens is 444 g/mol. The van der Waals surface area contributed by atoms with Crippen molar-refractivity contribution in [3.8, 4) is 17.2 Å². The van der Waals surface area contributed by atoms with Crippen LogP contribution in [0.25, 0.3) is 6.08 Å². The molecule has 2 aromatic carbocycles. The van der Waals surface area contributed by atoms with Crippen LogP contribution in [0.1, 0.15) is 54.0 Å². The zero-order valence-electron chi connectivity index (χ0n) is 20.7. The third-order valence-corrected chi connectivity index (χ3v) is 6.27. The Kier molecular flexibility index (Phi) is 7.75. The largest absolute Gasteiger partial charge is 0.494 e. The van der Waals surface area contributed by atoms with E-state index in [-0.39, 0.29) is 11.9 Å². The molecule has 0 N–H and O–H groups in total. The molecular formula is C28H32N2O5. The van der Waals surface area contributed by atoms with Crippen LogP contribution >= 0.6 is 0 Å². The van der Waals surface area contributed by atoms with Gasteiger partial charge in [0.2, 0.25) is 5.91 Å². The maximum absolute atomic E-state index is 13.0. The summed E-state index contributed by atoms with van der Waals surface area (Å²) >= 11 is 0. The van der Waals surface area contributed by atoms with Crippen LogP contribution < -0.4 is 14.2 Å². The number of nitrogens with zero attached hydrogens (tertiary/aromatic N) is 2. The molecule has 0 bridgehead atoms. The van der Waals surface area contributed by atoms with Gasteiger partial charge >= 0.3 is 0 Å². The first-order valence-electron chi connectivity index (χ1n) is 11.9. The smallest absolute Gasteiger partial charge is 0.247 e. The fourth-order valence-corrected chi connectivity index (χ4v) is 4.36. The van der Waals surface area contributed by atoms with Gasteiger partial charge in [-0.15, -0.1) is 0 Å². The van der Waals surface area contributed by atoms with Gasteiger partial charge in [0.05, 0.1) is 31.0 Å². The van der Waals surface area contributed by atoms with Crippen LogP contribution in [0, 0.1) is 13.8 Å². The number of amides is 1. The molecule has 0 aliphatic carbocycles. The molecule has 0 saturated carbocycles. The highest BCUT2D eigenvalue weighted by Crippen LogP contribution is 2.34. The number of benzene rings is 2. The van der Waals surface area contributed by atoms with Crippen molar-refractivity contribution in [3.05, 3.63) is 76.7 Å². The average Bonchev–Trinajstić information content (AvgIpc) is 3.49. The Morgan fingerprint density at radius 2 is 1.94 bits per heavy atom. The molecule has 1 unspecified atom stereocenters. The summed E-state index contributed by atoms with van der Waals surface area (Å²) in [5.74, 6) is 2.80. The molecule has 35 heavy (non-hydrogen) atoms. The van der Waals surface area contributed by atoms with E-state index in [1.165, 1.54) is 0 Å². The van der Waals surface area contributed by atoms with E-state index in [0.717, 1.165) is 53.3 Å². The van der Waals surface area contributed by atoms with E-state index in [1.54, 1.807) is 13.2 Å². The predicted octanol–water partition coefficient (Wildman–Crippen LogP) is 5.65. The molecule has 2 heterocycles. The normalized spacial score (nSPS) is 15.5. The van der Waals surface area contributed by atoms with Gasteiger partial charge in [0.15, 0.2) is 11.5 Å². The number of likely N-dealkylation sites (tertiary alicyclic amines) is 1. The van der Waals surface area contributed by atoms with Crippen LogP contribution in [0.3, 0.4) is 0 Å². The molecule has 1 saturated heterocycles. The maximum atomic E-state index is 13.0. The third kappa shape index (κ3) is 5.67. The molecule has 3 aromatic rings. The standard InChI is InChI=1S/C28H32N2O5/c1-5-33-23-12-10-22(11-13-23)25-7-6-16-30(25)28(31)15-9-21-8-14-26(27(17-21)32-4)34-18-24-19(2)29-35-20(24)3/h8-15,17,25H,5-7,16,18H2,1-4H3/b15-9+. The average molecular weight is 477 g/mol. The minimum Gasteiger partial charge on any atom is -0.494 e. The fraction of sp³-hybridized carbons (Fsp3) is 0.357. The first-order valence-corrected chi connectivity index (χ1v) is 11.9. The van der Waals surface area contributed by atoms with Gasteiger partial charge in [-0.1, -0.05) is 23.4 Å². The van der Waals surface area contributed by atoms with Gasteiger partial charge in [-0.2, -0.15) is 0 Å². The van der Waals surface area contributed by atoms with Crippen molar-refractivity contribution in [3.63, 3.8) is 0 Å². The van der Waals surface area contributed by atoms with Crippen molar-refractivity contribution >= 4 is 12.0 Å². The first kappa shape index (κ1) is 24.4. The topological polar surface area (TPSA) is 74.0 Å². The summed E-state index contributed by atoms with van der Waals surface area (Å²) in [6, 6.07) is 13.7. The Balaban J connectivity index is 1.42. The number of aromatic nitrogens is 1. The molecule has 0 radical (unpaired) electrons. The molecule has 1 amide bonds. The van der Waals surface area contributed by atoms with Crippen LogP contribution in [0.2, 0.25) is 0 Å². The summed E-state index contributed by atoms with van der Waals surface area (Å²) in [6.07, 6.45) is 5.39. The number of rotatable bonds is 9. The van der Waals surface area contributed by atoms with Crippen molar-refractivity contribution in [2.45, 2.75) is 46.3 Å². The van der Waals surface area contributed by atoms with Gasteiger partial charge in [0.1, 0.15) is 18.1 Å². The lowest BCUT2D eigenvalue weighted by atomic mass is 10.0. The summed E-state index contributed by atoms with van der Waals surface area (Å²) in [4.78, 5) is 15.0. The van der Waals surface area contributed by atoms with Crippen molar-refractivity contribution in [1.82, 2.24) is 10.1 Å². The Morgan fingerprint density at radius 1 is 1.14 bits per heavy atom. The van der Waals surface area contributed by atoms with Crippen molar-refractivity contribution < 1.29 is 23.5 Å². The molecule has 1 atom stereocenters. The maximum Gasteiger partial charge on any atom is 0.247 e. The van der Waals surface area contributed by atoms with Crippen molar-refractivity contribution in [1.29, 1.82) is 0 Å². The lowest BCUT2D eigenvalue weighted by Crippen LogP contribution is -2.28. The fourth-order valence-electron chi connectivity index (χ4n) is 4.36. The summed E-state index contributed by atoms with van der Waals surface area (Å²) in [5, 5.41) is 3.96. The highest BCUT2D eigenvalue weighted by molar-refractivity contribution is 5.92. The predicted molar refractivity (Wildman–Crippen MR) is 134 cm³/mol. The third-order valence-electron chi connectivity index (χ3n) is 6.27. The number of methoxy groups -OCH3 is 1. The van der Waals surface area contributed by atoms with E-state index in [0.29, 0.717) is 24.7 Å². The second-order valence-corrected chi connectivity index (χ2v) is 8.53. The zero-order chi connectivity index (χ0) is 24.8. The number of carbonyl (C=O) groups is 1. The SMILES string of the molecule is CCOc1ccc(C2CCCN2C(=O)/C=C/c2ccc(OCc3c(C)noc3C)c(OC)c2)cc1. The Hall–Kier alpha value is -3.74. The second kappa shape index (κ2) is 11.1. The van der Waals surface area contributed by atoms with E-state index in [4.69, 9.17) is 18.7 Å². The van der Waals surface area contributed by atoms with E-state index in [9.17, 15) is 4.79 Å². The number of ether oxygens (including phenoxy) is 3. The molecule has 1 aliphatic rings. The number of hydrogen-bond donors (Lipinski definition) is 0. The summed E-state index contributed by atoms with van der Waals surface area (Å²) in [5.41, 5.74) is 3.73. The van der Waals surface area contributed by atoms with Crippen LogP contribution in [-0.2, 0) is 11.4 Å². The van der Waals surface area contributed by atoms with E-state index in [2.05, 4.69) is 17.3 Å². The van der Waals surface area contributed by atoms with E-state index >= 15 is 0 Å². The second-order valence-electron chi connectivity index (χ2n) is 8.53. The minimum absolute atomic E-state index is 0.000846. The molecule has 1 aromatic heterocycles. The molecule has 1 aliphatic heterocycles. The van der Waals surface area contributed by atoms with Crippen LogP contribution in [0.5, 0.6) is 17.2 Å². The molecule has 4 rings (SSSR count). The molecule has 0 spiro atoms. The minimum atomic E-state index is -0.000846. The van der Waals surface area contributed by atoms with E-state index in [1.807, 2.05) is 62.1 Å². The molecule has 1 fully saturated rings. The zero-order valence-corrected chi connectivity index (χ0v) is 20.7. The van der Waals surface area contributed by atoms with Crippen LogP contribution in [0.4, 0.5) is 0 Å². The van der Waals surface area contributed by atoms with Gasteiger partial charge in [-0.05, 0) is 75.1 Å². The Morgan fingerprint density at radius 3 is 2.63 bits per heavy atom. The van der Waals surface area contributed by atoms with Crippen LogP contribution in [0.15, 0.2) is 53.1 Å². The Bertz CT molecular complexity index is 1160. The van der Waals surface area contributed by atoms with Gasteiger partial charge < -0.3 is 23.6 Å². The summed E-state index contributed by atoms with van der Waals surface area (Å²) in [6.45, 7) is 7.44. The van der Waals surface area contributed by atoms with Gasteiger partial charge in [-0.3, -0.25) is 4.79 Å². The monoisotopic (exact) mass is 476 g/mol. The summed E-state index contributed by atoms with van der Waals surface area (Å²) < 4.78 is 22.2. The number of aryl methyl sites for hydroxylation is 2. The van der Waals surface area contributed by atoms with Crippen LogP contribution in [-0.4, -0.2) is 36.2 Å². The first-order chi connectivity index (χ1) is 17.0. The molecule has 184 valence electrons. The van der Waals surface area contributed by atoms with Gasteiger partial charge in [0.25, 0.3) is 0 Å². The van der Waals surface area contributed by atoms with Crippen molar-refractivity contribution in [2.24, 2.45) is 0 Å². The number of hydrogen-bond acceptors (Lipinski definition) is 6. The Labute approximate surface area is 206 Å². The quantitative estimate of drug-likeness (QED) is 0.371. The lowest BCUT2D eigenvalue weighted by molar-refractivity contribution is -0.126. The highest BCUT2D eigenvalue weighted by atomic mass is 16.5. The highest BCUT2D eigenvalue weighted by Gasteiger charge is 2.28. The summed E-state index contributed by atoms with van der Waals surface area (Å²) in [7, 11) is 1.60. The molecule has 7 heteroatoms. The molecule has 7 nitrogen and oxygen atoms in total. The van der Waals surface area contributed by atoms with Crippen molar-refractivity contribution in [2.75, 3.05) is 20.3 Å².